The summed E-state index contributed by atoms with van der Waals surface area (Å²) in [5.74, 6) is -0.301. The lowest BCUT2D eigenvalue weighted by Crippen LogP contribution is -1.92. The van der Waals surface area contributed by atoms with E-state index < -0.39 is 10.7 Å². The summed E-state index contributed by atoms with van der Waals surface area (Å²) in [4.78, 5) is 9.89. The Morgan fingerprint density at radius 3 is 2.61 bits per heavy atom. The number of benzene rings is 2. The van der Waals surface area contributed by atoms with Crippen molar-refractivity contribution in [1.82, 2.24) is 0 Å². The second-order valence-electron chi connectivity index (χ2n) is 3.58. The highest BCUT2D eigenvalue weighted by molar-refractivity contribution is 5.46. The van der Waals surface area contributed by atoms with Crippen LogP contribution in [0.15, 0.2) is 42.5 Å². The average Bonchev–Trinajstić information content (AvgIpc) is 2.28. The second-order valence-corrected chi connectivity index (χ2v) is 3.58. The van der Waals surface area contributed by atoms with Crippen LogP contribution in [0.4, 0.5) is 15.8 Å². The minimum Gasteiger partial charge on any atom is -0.457 e. The number of hydrogen-bond acceptors (Lipinski definition) is 4. The van der Waals surface area contributed by atoms with E-state index in [1.807, 2.05) is 0 Å². The van der Waals surface area contributed by atoms with Crippen LogP contribution >= 0.6 is 0 Å². The van der Waals surface area contributed by atoms with E-state index >= 15 is 0 Å². The number of nitrogens with zero attached hydrogens (tertiary/aromatic N) is 1. The molecule has 0 fully saturated rings. The Hall–Kier alpha value is -2.63. The van der Waals surface area contributed by atoms with Gasteiger partial charge in [0, 0.05) is 17.8 Å². The number of anilines is 1. The molecule has 2 rings (SSSR count). The molecule has 6 heteroatoms. The summed E-state index contributed by atoms with van der Waals surface area (Å²) in [5, 5.41) is 10.6. The fourth-order valence-electron chi connectivity index (χ4n) is 1.43. The standard InChI is InChI=1S/C12H9FN2O3/c13-8-4-10(15(16)17)7-12(5-8)18-11-3-1-2-9(14)6-11/h1-7H,14H2. The first-order chi connectivity index (χ1) is 8.54. The maximum atomic E-state index is 13.2. The largest absolute Gasteiger partial charge is 0.457 e. The van der Waals surface area contributed by atoms with Gasteiger partial charge in [0.1, 0.15) is 17.3 Å². The van der Waals surface area contributed by atoms with Gasteiger partial charge in [-0.15, -0.1) is 0 Å². The molecule has 0 saturated carbocycles. The van der Waals surface area contributed by atoms with Gasteiger partial charge in [-0.3, -0.25) is 10.1 Å². The second kappa shape index (κ2) is 4.70. The van der Waals surface area contributed by atoms with E-state index in [2.05, 4.69) is 0 Å². The van der Waals surface area contributed by atoms with E-state index in [1.54, 1.807) is 18.2 Å². The summed E-state index contributed by atoms with van der Waals surface area (Å²) in [6, 6.07) is 9.53. The number of ether oxygens (including phenoxy) is 1. The molecular formula is C12H9FN2O3. The van der Waals surface area contributed by atoms with Crippen LogP contribution < -0.4 is 10.5 Å². The normalized spacial score (nSPS) is 10.1. The summed E-state index contributed by atoms with van der Waals surface area (Å²) in [6.07, 6.45) is 0. The topological polar surface area (TPSA) is 78.4 Å². The minimum absolute atomic E-state index is 0.0484. The average molecular weight is 248 g/mol. The van der Waals surface area contributed by atoms with Crippen LogP contribution in [-0.4, -0.2) is 4.92 Å². The van der Waals surface area contributed by atoms with Crippen molar-refractivity contribution < 1.29 is 14.1 Å². The quantitative estimate of drug-likeness (QED) is 0.514. The van der Waals surface area contributed by atoms with Crippen molar-refractivity contribution in [1.29, 1.82) is 0 Å². The third kappa shape index (κ3) is 2.73. The molecule has 0 atom stereocenters. The molecule has 0 saturated heterocycles. The van der Waals surface area contributed by atoms with Crippen molar-refractivity contribution in [2.75, 3.05) is 5.73 Å². The zero-order valence-corrected chi connectivity index (χ0v) is 9.17. The monoisotopic (exact) mass is 248 g/mol. The van der Waals surface area contributed by atoms with Crippen molar-refractivity contribution in [3.8, 4) is 11.5 Å². The number of nitrogen functional groups attached to an aromatic ring is 1. The molecule has 0 aliphatic heterocycles. The maximum absolute atomic E-state index is 13.2. The molecule has 0 aromatic heterocycles. The van der Waals surface area contributed by atoms with Crippen molar-refractivity contribution in [2.24, 2.45) is 0 Å². The first-order valence-corrected chi connectivity index (χ1v) is 5.03. The Kier molecular flexibility index (Phi) is 3.09. The SMILES string of the molecule is Nc1cccc(Oc2cc(F)cc([N+](=O)[O-])c2)c1. The molecule has 0 aliphatic rings. The zero-order chi connectivity index (χ0) is 13.1. The Bertz CT molecular complexity index is 602. The van der Waals surface area contributed by atoms with Crippen LogP contribution in [0.25, 0.3) is 0 Å². The van der Waals surface area contributed by atoms with E-state index in [0.29, 0.717) is 11.4 Å². The molecule has 18 heavy (non-hydrogen) atoms. The molecule has 0 bridgehead atoms. The van der Waals surface area contributed by atoms with Crippen molar-refractivity contribution in [3.63, 3.8) is 0 Å². The molecule has 0 radical (unpaired) electrons. The maximum Gasteiger partial charge on any atom is 0.276 e. The highest BCUT2D eigenvalue weighted by Crippen LogP contribution is 2.27. The van der Waals surface area contributed by atoms with Crippen LogP contribution in [0.2, 0.25) is 0 Å². The van der Waals surface area contributed by atoms with Gasteiger partial charge >= 0.3 is 0 Å². The van der Waals surface area contributed by atoms with Gasteiger partial charge in [0.25, 0.3) is 5.69 Å². The molecule has 5 nitrogen and oxygen atoms in total. The Morgan fingerprint density at radius 2 is 1.94 bits per heavy atom. The van der Waals surface area contributed by atoms with Gasteiger partial charge in [0.2, 0.25) is 0 Å². The summed E-state index contributed by atoms with van der Waals surface area (Å²) in [6.45, 7) is 0. The molecule has 2 aromatic carbocycles. The molecule has 92 valence electrons. The Labute approximate surface area is 102 Å². The molecule has 2 aromatic rings. The van der Waals surface area contributed by atoms with Gasteiger partial charge in [0.15, 0.2) is 0 Å². The number of nitro benzene ring substituents is 1. The van der Waals surface area contributed by atoms with Crippen LogP contribution in [0.3, 0.4) is 0 Å². The first-order valence-electron chi connectivity index (χ1n) is 5.03. The van der Waals surface area contributed by atoms with Gasteiger partial charge in [-0.25, -0.2) is 4.39 Å². The Morgan fingerprint density at radius 1 is 1.17 bits per heavy atom. The van der Waals surface area contributed by atoms with Gasteiger partial charge in [-0.1, -0.05) is 6.07 Å². The summed E-state index contributed by atoms with van der Waals surface area (Å²) < 4.78 is 18.5. The van der Waals surface area contributed by atoms with Crippen LogP contribution in [-0.2, 0) is 0 Å². The fraction of sp³-hybridized carbons (Fsp3) is 0. The lowest BCUT2D eigenvalue weighted by atomic mass is 10.3. The third-order valence-electron chi connectivity index (χ3n) is 2.16. The smallest absolute Gasteiger partial charge is 0.276 e. The number of rotatable bonds is 3. The fourth-order valence-corrected chi connectivity index (χ4v) is 1.43. The third-order valence-corrected chi connectivity index (χ3v) is 2.16. The highest BCUT2D eigenvalue weighted by atomic mass is 19.1. The number of non-ortho nitro benzene ring substituents is 1. The van der Waals surface area contributed by atoms with Gasteiger partial charge < -0.3 is 10.5 Å². The predicted molar refractivity (Wildman–Crippen MR) is 64.0 cm³/mol. The molecule has 0 heterocycles. The van der Waals surface area contributed by atoms with Crippen LogP contribution in [0, 0.1) is 15.9 Å². The molecule has 0 spiro atoms. The van der Waals surface area contributed by atoms with E-state index in [1.165, 1.54) is 6.07 Å². The number of halogens is 1. The van der Waals surface area contributed by atoms with E-state index in [9.17, 15) is 14.5 Å². The van der Waals surface area contributed by atoms with Gasteiger partial charge in [-0.05, 0) is 12.1 Å². The molecular weight excluding hydrogens is 239 g/mol. The van der Waals surface area contributed by atoms with Crippen molar-refractivity contribution >= 4 is 11.4 Å². The van der Waals surface area contributed by atoms with Crippen LogP contribution in [0.1, 0.15) is 0 Å². The highest BCUT2D eigenvalue weighted by Gasteiger charge is 2.11. The first kappa shape index (κ1) is 11.8. The molecule has 0 amide bonds. The van der Waals surface area contributed by atoms with Gasteiger partial charge in [0.05, 0.1) is 17.1 Å². The number of hydrogen-bond donors (Lipinski definition) is 1. The van der Waals surface area contributed by atoms with E-state index in [-0.39, 0.29) is 11.4 Å². The lowest BCUT2D eigenvalue weighted by Gasteiger charge is -2.06. The van der Waals surface area contributed by atoms with Gasteiger partial charge in [-0.2, -0.15) is 0 Å². The lowest BCUT2D eigenvalue weighted by molar-refractivity contribution is -0.385. The number of nitrogens with two attached hydrogens (primary N) is 1. The summed E-state index contributed by atoms with van der Waals surface area (Å²) in [7, 11) is 0. The molecule has 2 N–H and O–H groups in total. The van der Waals surface area contributed by atoms with E-state index in [0.717, 1.165) is 18.2 Å². The van der Waals surface area contributed by atoms with Crippen molar-refractivity contribution in [3.05, 3.63) is 58.4 Å². The predicted octanol–water partition coefficient (Wildman–Crippen LogP) is 3.11. The Balaban J connectivity index is 2.31. The summed E-state index contributed by atoms with van der Waals surface area (Å²) in [5.41, 5.74) is 5.68. The summed E-state index contributed by atoms with van der Waals surface area (Å²) >= 11 is 0. The molecule has 0 aliphatic carbocycles. The van der Waals surface area contributed by atoms with Crippen LogP contribution in [0.5, 0.6) is 11.5 Å². The zero-order valence-electron chi connectivity index (χ0n) is 9.17. The molecule has 0 unspecified atom stereocenters. The van der Waals surface area contributed by atoms with E-state index in [4.69, 9.17) is 10.5 Å². The number of nitro groups is 1. The van der Waals surface area contributed by atoms with Crippen molar-refractivity contribution in [2.45, 2.75) is 0 Å². The minimum atomic E-state index is -0.733.